The zero-order chi connectivity index (χ0) is 17.4. The van der Waals surface area contributed by atoms with E-state index in [1.807, 2.05) is 6.07 Å². The number of rotatable bonds is 4. The van der Waals surface area contributed by atoms with Crippen LogP contribution in [0.15, 0.2) is 41.7 Å². The summed E-state index contributed by atoms with van der Waals surface area (Å²) in [6, 6.07) is 6.92. The Kier molecular flexibility index (Phi) is 4.46. The molecule has 5 rings (SSSR count). The van der Waals surface area contributed by atoms with Crippen molar-refractivity contribution in [1.29, 1.82) is 0 Å². The molecule has 3 aliphatic heterocycles. The highest BCUT2D eigenvalue weighted by molar-refractivity contribution is 6.42. The summed E-state index contributed by atoms with van der Waals surface area (Å²) < 4.78 is 0. The van der Waals surface area contributed by atoms with E-state index in [1.54, 1.807) is 18.2 Å². The summed E-state index contributed by atoms with van der Waals surface area (Å²) in [7, 11) is 0. The molecule has 2 aromatic rings. The monoisotopic (exact) mass is 374 g/mol. The smallest absolute Gasteiger partial charge is 0.270 e. The number of amides is 1. The number of nitrogens with zero attached hydrogens (tertiary/aromatic N) is 3. The largest absolute Gasteiger partial charge is 0.347 e. The van der Waals surface area contributed by atoms with Gasteiger partial charge in [0.05, 0.1) is 15.7 Å². The Bertz CT molecular complexity index is 873. The van der Waals surface area contributed by atoms with Crippen LogP contribution in [0.2, 0.25) is 10.0 Å². The standard InChI is InChI=1S/C18H16Cl2N4O/c19-14-2-1-11(5-15(14)20)16-6-17(23-10-22-16)18(25)21-7-12-3-4-24-8-13(12)9-24/h1-2,5-6,10H,3-4,7-9H2,(H,21,25). The van der Waals surface area contributed by atoms with Crippen LogP contribution in [0, 0.1) is 0 Å². The van der Waals surface area contributed by atoms with Crippen LogP contribution in [0.1, 0.15) is 16.9 Å². The molecule has 3 aliphatic rings. The molecule has 0 radical (unpaired) electrons. The number of benzene rings is 1. The fourth-order valence-electron chi connectivity index (χ4n) is 3.13. The Balaban J connectivity index is 1.48. The van der Waals surface area contributed by atoms with Crippen LogP contribution in [0.4, 0.5) is 0 Å². The van der Waals surface area contributed by atoms with Gasteiger partial charge in [0, 0.05) is 31.7 Å². The summed E-state index contributed by atoms with van der Waals surface area (Å²) in [4.78, 5) is 23.1. The van der Waals surface area contributed by atoms with E-state index in [0.29, 0.717) is 28.0 Å². The molecule has 128 valence electrons. The van der Waals surface area contributed by atoms with E-state index >= 15 is 0 Å². The molecule has 0 atom stereocenters. The summed E-state index contributed by atoms with van der Waals surface area (Å²) in [6.45, 7) is 3.79. The average molecular weight is 375 g/mol. The van der Waals surface area contributed by atoms with Crippen LogP contribution in [0.25, 0.3) is 11.3 Å². The molecule has 2 bridgehead atoms. The first-order valence-corrected chi connectivity index (χ1v) is 8.83. The number of aromatic nitrogens is 2. The van der Waals surface area contributed by atoms with Gasteiger partial charge in [-0.05, 0) is 35.8 Å². The topological polar surface area (TPSA) is 58.1 Å². The molecule has 1 amide bonds. The summed E-state index contributed by atoms with van der Waals surface area (Å²) in [5.74, 6) is -0.196. The molecule has 1 saturated heterocycles. The first-order chi connectivity index (χ1) is 12.1. The van der Waals surface area contributed by atoms with Crippen molar-refractivity contribution in [3.05, 3.63) is 57.5 Å². The molecule has 0 spiro atoms. The summed E-state index contributed by atoms with van der Waals surface area (Å²) >= 11 is 12.0. The SMILES string of the molecule is O=C(NCC1=C2CN(CC1)C2)c1cc(-c2ccc(Cl)c(Cl)c2)ncn1. The Morgan fingerprint density at radius 3 is 2.72 bits per heavy atom. The number of carbonyl (C=O) groups excluding carboxylic acids is 1. The van der Waals surface area contributed by atoms with Gasteiger partial charge in [-0.25, -0.2) is 9.97 Å². The third-order valence-electron chi connectivity index (χ3n) is 4.64. The Morgan fingerprint density at radius 2 is 2.00 bits per heavy atom. The van der Waals surface area contributed by atoms with Gasteiger partial charge in [-0.1, -0.05) is 29.3 Å². The molecule has 0 saturated carbocycles. The predicted molar refractivity (Wildman–Crippen MR) is 97.9 cm³/mol. The van der Waals surface area contributed by atoms with Gasteiger partial charge < -0.3 is 5.32 Å². The van der Waals surface area contributed by atoms with Crippen LogP contribution in [0.5, 0.6) is 0 Å². The molecular weight excluding hydrogens is 359 g/mol. The maximum Gasteiger partial charge on any atom is 0.270 e. The van der Waals surface area contributed by atoms with Crippen LogP contribution in [0.3, 0.4) is 0 Å². The fourth-order valence-corrected chi connectivity index (χ4v) is 3.43. The molecule has 5 nitrogen and oxygen atoms in total. The van der Waals surface area contributed by atoms with Crippen molar-refractivity contribution in [2.24, 2.45) is 0 Å². The molecule has 0 aliphatic carbocycles. The van der Waals surface area contributed by atoms with Gasteiger partial charge in [-0.15, -0.1) is 0 Å². The van der Waals surface area contributed by atoms with Gasteiger partial charge in [-0.2, -0.15) is 0 Å². The minimum Gasteiger partial charge on any atom is -0.347 e. The van der Waals surface area contributed by atoms with Crippen molar-refractivity contribution in [3.8, 4) is 11.3 Å². The lowest BCUT2D eigenvalue weighted by Gasteiger charge is -2.41. The maximum atomic E-state index is 12.4. The minimum absolute atomic E-state index is 0.196. The van der Waals surface area contributed by atoms with E-state index in [9.17, 15) is 4.79 Å². The lowest BCUT2D eigenvalue weighted by molar-refractivity contribution is 0.0950. The van der Waals surface area contributed by atoms with Gasteiger partial charge in [0.1, 0.15) is 12.0 Å². The highest BCUT2D eigenvalue weighted by Gasteiger charge is 2.28. The van der Waals surface area contributed by atoms with Crippen molar-refractivity contribution in [2.75, 3.05) is 26.2 Å². The second kappa shape index (κ2) is 6.75. The van der Waals surface area contributed by atoms with Gasteiger partial charge in [0.15, 0.2) is 0 Å². The van der Waals surface area contributed by atoms with Crippen molar-refractivity contribution < 1.29 is 4.79 Å². The van der Waals surface area contributed by atoms with E-state index in [-0.39, 0.29) is 5.91 Å². The normalized spacial score (nSPS) is 16.6. The first kappa shape index (κ1) is 16.5. The van der Waals surface area contributed by atoms with E-state index in [0.717, 1.165) is 31.6 Å². The summed E-state index contributed by atoms with van der Waals surface area (Å²) in [6.07, 6.45) is 2.42. The zero-order valence-electron chi connectivity index (χ0n) is 13.4. The molecule has 1 aromatic heterocycles. The maximum absolute atomic E-state index is 12.4. The first-order valence-electron chi connectivity index (χ1n) is 8.08. The molecule has 1 aromatic carbocycles. The molecule has 4 heterocycles. The Labute approximate surface area is 155 Å². The highest BCUT2D eigenvalue weighted by atomic mass is 35.5. The minimum atomic E-state index is -0.196. The second-order valence-electron chi connectivity index (χ2n) is 6.27. The zero-order valence-corrected chi connectivity index (χ0v) is 14.9. The van der Waals surface area contributed by atoms with Gasteiger partial charge in [-0.3, -0.25) is 9.69 Å². The van der Waals surface area contributed by atoms with Crippen LogP contribution in [-0.4, -0.2) is 47.0 Å². The number of hydrogen-bond donors (Lipinski definition) is 1. The van der Waals surface area contributed by atoms with Crippen molar-refractivity contribution in [1.82, 2.24) is 20.2 Å². The lowest BCUT2D eigenvalue weighted by Crippen LogP contribution is -2.46. The summed E-state index contributed by atoms with van der Waals surface area (Å²) in [5, 5.41) is 3.90. The number of fused-ring (bicyclic) bond motifs is 2. The third-order valence-corrected chi connectivity index (χ3v) is 5.38. The van der Waals surface area contributed by atoms with Gasteiger partial charge in [0.2, 0.25) is 0 Å². The molecule has 7 heteroatoms. The fraction of sp³-hybridized carbons (Fsp3) is 0.278. The van der Waals surface area contributed by atoms with Crippen molar-refractivity contribution in [2.45, 2.75) is 6.42 Å². The molecule has 25 heavy (non-hydrogen) atoms. The van der Waals surface area contributed by atoms with E-state index in [2.05, 4.69) is 20.2 Å². The van der Waals surface area contributed by atoms with Crippen LogP contribution in [-0.2, 0) is 0 Å². The average Bonchev–Trinajstić information content (AvgIpc) is 2.61. The molecule has 1 N–H and O–H groups in total. The van der Waals surface area contributed by atoms with Crippen LogP contribution >= 0.6 is 23.2 Å². The van der Waals surface area contributed by atoms with Crippen molar-refractivity contribution >= 4 is 29.1 Å². The lowest BCUT2D eigenvalue weighted by atomic mass is 9.92. The summed E-state index contributed by atoms with van der Waals surface area (Å²) in [5.41, 5.74) is 4.58. The molecule has 0 unspecified atom stereocenters. The second-order valence-corrected chi connectivity index (χ2v) is 7.08. The Morgan fingerprint density at radius 1 is 1.16 bits per heavy atom. The van der Waals surface area contributed by atoms with E-state index in [4.69, 9.17) is 23.2 Å². The molecule has 1 fully saturated rings. The number of carbonyl (C=O) groups is 1. The Hall–Kier alpha value is -1.95. The highest BCUT2D eigenvalue weighted by Crippen LogP contribution is 2.28. The van der Waals surface area contributed by atoms with E-state index in [1.165, 1.54) is 17.5 Å². The van der Waals surface area contributed by atoms with Gasteiger partial charge in [0.25, 0.3) is 5.91 Å². The number of hydrogen-bond acceptors (Lipinski definition) is 4. The number of halogens is 2. The van der Waals surface area contributed by atoms with Crippen molar-refractivity contribution in [3.63, 3.8) is 0 Å². The van der Waals surface area contributed by atoms with Gasteiger partial charge >= 0.3 is 0 Å². The predicted octanol–water partition coefficient (Wildman–Crippen LogP) is 3.20. The van der Waals surface area contributed by atoms with E-state index < -0.39 is 0 Å². The number of nitrogens with one attached hydrogen (secondary N) is 1. The third kappa shape index (κ3) is 3.40. The molecular formula is C18H16Cl2N4O. The quantitative estimate of drug-likeness (QED) is 0.834. The van der Waals surface area contributed by atoms with Crippen LogP contribution < -0.4 is 5.32 Å².